The van der Waals surface area contributed by atoms with E-state index in [1.807, 2.05) is 31.2 Å². The minimum atomic E-state index is -0.638. The van der Waals surface area contributed by atoms with Gasteiger partial charge in [0.1, 0.15) is 0 Å². The fourth-order valence-corrected chi connectivity index (χ4v) is 4.45. The highest BCUT2D eigenvalue weighted by Gasteiger charge is 2.26. The third-order valence-corrected chi connectivity index (χ3v) is 6.92. The van der Waals surface area contributed by atoms with Crippen LogP contribution >= 0.6 is 0 Å². The van der Waals surface area contributed by atoms with Crippen LogP contribution in [-0.4, -0.2) is 29.2 Å². The Labute approximate surface area is 249 Å². The van der Waals surface area contributed by atoms with Crippen LogP contribution in [0.4, 0.5) is 11.4 Å². The number of rotatable bonds is 8. The molecule has 43 heavy (non-hydrogen) atoms. The van der Waals surface area contributed by atoms with Crippen molar-refractivity contribution < 1.29 is 19.2 Å². The lowest BCUT2D eigenvalue weighted by Gasteiger charge is -2.29. The van der Waals surface area contributed by atoms with Crippen molar-refractivity contribution in [1.29, 1.82) is 0 Å². The molecule has 0 saturated carbocycles. The molecule has 0 aliphatic heterocycles. The smallest absolute Gasteiger partial charge is 0.255 e. The van der Waals surface area contributed by atoms with Crippen LogP contribution in [0.1, 0.15) is 54.8 Å². The van der Waals surface area contributed by atoms with Gasteiger partial charge in [-0.15, -0.1) is 0 Å². The van der Waals surface area contributed by atoms with Gasteiger partial charge >= 0.3 is 0 Å². The first kappa shape index (κ1) is 28.8. The third-order valence-electron chi connectivity index (χ3n) is 6.92. The van der Waals surface area contributed by atoms with Crippen molar-refractivity contribution in [3.05, 3.63) is 155 Å². The van der Waals surface area contributed by atoms with Gasteiger partial charge in [-0.05, 0) is 92.2 Å². The van der Waals surface area contributed by atoms with Crippen molar-refractivity contribution in [2.24, 2.45) is 0 Å². The number of anilines is 2. The summed E-state index contributed by atoms with van der Waals surface area (Å²) < 4.78 is 0. The Hall–Kier alpha value is -5.76. The average molecular weight is 571 g/mol. The molecule has 1 unspecified atom stereocenters. The van der Waals surface area contributed by atoms with Crippen molar-refractivity contribution in [2.75, 3.05) is 10.6 Å². The molecule has 8 heteroatoms. The number of allylic oxidation sites excluding steroid dienone is 1. The highest BCUT2D eigenvalue weighted by atomic mass is 16.2. The number of amides is 4. The molecule has 0 radical (unpaired) electrons. The van der Waals surface area contributed by atoms with Crippen LogP contribution in [0.15, 0.2) is 133 Å². The number of hydrogen-bond acceptors (Lipinski definition) is 4. The highest BCUT2D eigenvalue weighted by molar-refractivity contribution is 6.06. The normalized spacial score (nSPS) is 15.5. The topological polar surface area (TPSA) is 116 Å². The standard InChI is InChI=1S/C35H30N4O4/c1-35(22-20-30(21-23-35)38-32(41)25-10-6-3-7-11-25)39-34(43)27-14-12-26(13-15-27)33(42)37-29-18-16-28(17-19-29)36-31(40)24-8-4-2-5-9-24/h2-22H,23H2,1H3,(H,36,40)(H,37,42)(H,38,41)(H,39,43). The summed E-state index contributed by atoms with van der Waals surface area (Å²) >= 11 is 0. The Morgan fingerprint density at radius 3 is 1.40 bits per heavy atom. The van der Waals surface area contributed by atoms with Crippen LogP contribution < -0.4 is 21.3 Å². The second-order valence-electron chi connectivity index (χ2n) is 10.3. The van der Waals surface area contributed by atoms with Gasteiger partial charge in [-0.1, -0.05) is 48.6 Å². The molecular weight excluding hydrogens is 540 g/mol. The van der Waals surface area contributed by atoms with Crippen LogP contribution in [0.2, 0.25) is 0 Å². The van der Waals surface area contributed by atoms with Crippen LogP contribution in [0, 0.1) is 0 Å². The summed E-state index contributed by atoms with van der Waals surface area (Å²) in [5.41, 5.74) is 3.12. The summed E-state index contributed by atoms with van der Waals surface area (Å²) in [6.45, 7) is 1.90. The summed E-state index contributed by atoms with van der Waals surface area (Å²) in [6, 6.07) is 31.1. The SMILES string of the molecule is CC1(NC(=O)c2ccc(C(=O)Nc3ccc(NC(=O)c4ccccc4)cc3)cc2)C=CC(NC(=O)c2ccccc2)=CC1. The van der Waals surface area contributed by atoms with E-state index in [4.69, 9.17) is 0 Å². The Kier molecular flexibility index (Phi) is 8.58. The van der Waals surface area contributed by atoms with Crippen molar-refractivity contribution in [2.45, 2.75) is 18.9 Å². The van der Waals surface area contributed by atoms with Crippen molar-refractivity contribution in [3.63, 3.8) is 0 Å². The van der Waals surface area contributed by atoms with E-state index in [2.05, 4.69) is 21.3 Å². The molecule has 8 nitrogen and oxygen atoms in total. The monoisotopic (exact) mass is 570 g/mol. The molecule has 4 amide bonds. The van der Waals surface area contributed by atoms with E-state index in [0.29, 0.717) is 45.7 Å². The van der Waals surface area contributed by atoms with Gasteiger partial charge in [0.05, 0.1) is 5.54 Å². The molecule has 1 aliphatic carbocycles. The molecule has 0 saturated heterocycles. The van der Waals surface area contributed by atoms with E-state index in [0.717, 1.165) is 0 Å². The number of benzene rings is 4. The summed E-state index contributed by atoms with van der Waals surface area (Å²) in [4.78, 5) is 50.5. The molecule has 4 N–H and O–H groups in total. The first-order valence-corrected chi connectivity index (χ1v) is 13.7. The molecular formula is C35H30N4O4. The van der Waals surface area contributed by atoms with Crippen molar-refractivity contribution >= 4 is 35.0 Å². The van der Waals surface area contributed by atoms with Crippen LogP contribution in [0.25, 0.3) is 0 Å². The minimum absolute atomic E-state index is 0.197. The van der Waals surface area contributed by atoms with E-state index < -0.39 is 5.54 Å². The van der Waals surface area contributed by atoms with E-state index in [1.165, 1.54) is 0 Å². The zero-order chi connectivity index (χ0) is 30.2. The Balaban J connectivity index is 1.12. The summed E-state index contributed by atoms with van der Waals surface area (Å²) in [5.74, 6) is -1.02. The number of hydrogen-bond donors (Lipinski definition) is 4. The minimum Gasteiger partial charge on any atom is -0.343 e. The van der Waals surface area contributed by atoms with Crippen molar-refractivity contribution in [1.82, 2.24) is 10.6 Å². The van der Waals surface area contributed by atoms with Gasteiger partial charge < -0.3 is 21.3 Å². The first-order chi connectivity index (χ1) is 20.8. The molecule has 0 spiro atoms. The molecule has 1 aliphatic rings. The lowest BCUT2D eigenvalue weighted by atomic mass is 9.91. The Morgan fingerprint density at radius 1 is 0.535 bits per heavy atom. The van der Waals surface area contributed by atoms with E-state index in [9.17, 15) is 19.2 Å². The van der Waals surface area contributed by atoms with E-state index in [-0.39, 0.29) is 23.6 Å². The second-order valence-corrected chi connectivity index (χ2v) is 10.3. The number of nitrogens with one attached hydrogen (secondary N) is 4. The maximum absolute atomic E-state index is 13.0. The molecule has 0 heterocycles. The third kappa shape index (κ3) is 7.51. The number of carbonyl (C=O) groups is 4. The zero-order valence-electron chi connectivity index (χ0n) is 23.5. The largest absolute Gasteiger partial charge is 0.343 e. The Morgan fingerprint density at radius 2 is 0.953 bits per heavy atom. The van der Waals surface area contributed by atoms with Gasteiger partial charge in [0.15, 0.2) is 0 Å². The zero-order valence-corrected chi connectivity index (χ0v) is 23.5. The molecule has 4 aromatic rings. The molecule has 0 fully saturated rings. The second kappa shape index (κ2) is 12.8. The van der Waals surface area contributed by atoms with Gasteiger partial charge in [0.2, 0.25) is 0 Å². The Bertz CT molecular complexity index is 1700. The number of carbonyl (C=O) groups excluding carboxylic acids is 4. The maximum Gasteiger partial charge on any atom is 0.255 e. The van der Waals surface area contributed by atoms with E-state index in [1.54, 1.807) is 103 Å². The lowest BCUT2D eigenvalue weighted by molar-refractivity contribution is 0.0917. The summed E-state index contributed by atoms with van der Waals surface area (Å²) in [7, 11) is 0. The summed E-state index contributed by atoms with van der Waals surface area (Å²) in [6.07, 6.45) is 6.00. The van der Waals surface area contributed by atoms with Gasteiger partial charge in [-0.25, -0.2) is 0 Å². The quantitative estimate of drug-likeness (QED) is 0.209. The van der Waals surface area contributed by atoms with Gasteiger partial charge in [0.25, 0.3) is 23.6 Å². The molecule has 214 valence electrons. The summed E-state index contributed by atoms with van der Waals surface area (Å²) in [5, 5.41) is 11.5. The van der Waals surface area contributed by atoms with E-state index >= 15 is 0 Å². The highest BCUT2D eigenvalue weighted by Crippen LogP contribution is 2.21. The fraction of sp³-hybridized carbons (Fsp3) is 0.0857. The molecule has 0 bridgehead atoms. The first-order valence-electron chi connectivity index (χ1n) is 13.7. The fourth-order valence-electron chi connectivity index (χ4n) is 4.45. The average Bonchev–Trinajstić information content (AvgIpc) is 3.04. The van der Waals surface area contributed by atoms with Crippen LogP contribution in [0.3, 0.4) is 0 Å². The molecule has 5 rings (SSSR count). The molecule has 1 atom stereocenters. The van der Waals surface area contributed by atoms with Crippen molar-refractivity contribution in [3.8, 4) is 0 Å². The lowest BCUT2D eigenvalue weighted by Crippen LogP contribution is -2.45. The van der Waals surface area contributed by atoms with Gasteiger partial charge in [-0.2, -0.15) is 0 Å². The predicted octanol–water partition coefficient (Wildman–Crippen LogP) is 5.95. The predicted molar refractivity (Wildman–Crippen MR) is 167 cm³/mol. The molecule has 4 aromatic carbocycles. The maximum atomic E-state index is 13.0. The van der Waals surface area contributed by atoms with Crippen LogP contribution in [-0.2, 0) is 0 Å². The van der Waals surface area contributed by atoms with Gasteiger partial charge in [-0.3, -0.25) is 19.2 Å². The molecule has 0 aromatic heterocycles. The van der Waals surface area contributed by atoms with Gasteiger partial charge in [0, 0.05) is 39.3 Å². The van der Waals surface area contributed by atoms with Crippen LogP contribution in [0.5, 0.6) is 0 Å².